The van der Waals surface area contributed by atoms with Crippen molar-refractivity contribution >= 4 is 0 Å². The highest BCUT2D eigenvalue weighted by Gasteiger charge is 2.17. The van der Waals surface area contributed by atoms with Crippen LogP contribution in [0.3, 0.4) is 0 Å². The molecule has 21 heavy (non-hydrogen) atoms. The van der Waals surface area contributed by atoms with Crippen molar-refractivity contribution in [3.63, 3.8) is 0 Å². The molecule has 1 atom stereocenters. The van der Waals surface area contributed by atoms with E-state index in [0.717, 1.165) is 22.9 Å². The third-order valence-electron chi connectivity index (χ3n) is 3.38. The first kappa shape index (κ1) is 15.3. The zero-order chi connectivity index (χ0) is 15.4. The van der Waals surface area contributed by atoms with Gasteiger partial charge in [0.2, 0.25) is 0 Å². The Hall–Kier alpha value is -2.08. The van der Waals surface area contributed by atoms with Gasteiger partial charge in [-0.1, -0.05) is 0 Å². The summed E-state index contributed by atoms with van der Waals surface area (Å²) in [6.07, 6.45) is 2.15. The summed E-state index contributed by atoms with van der Waals surface area (Å²) in [5.74, 6) is 2.37. The normalized spacial score (nSPS) is 12.5. The van der Waals surface area contributed by atoms with Gasteiger partial charge >= 0.3 is 0 Å². The summed E-state index contributed by atoms with van der Waals surface area (Å²) < 4.78 is 12.5. The molecule has 6 nitrogen and oxygen atoms in total. The van der Waals surface area contributed by atoms with E-state index in [9.17, 15) is 0 Å². The molecule has 0 amide bonds. The SMILES string of the molecule is COc1ccc(OC)c(C(N)Cc2ncnn2C(C)C)c1. The summed E-state index contributed by atoms with van der Waals surface area (Å²) in [6, 6.07) is 5.63. The minimum absolute atomic E-state index is 0.239. The number of nitrogens with zero attached hydrogens (tertiary/aromatic N) is 3. The van der Waals surface area contributed by atoms with Crippen molar-refractivity contribution in [1.29, 1.82) is 0 Å². The second kappa shape index (κ2) is 6.58. The van der Waals surface area contributed by atoms with E-state index >= 15 is 0 Å². The van der Waals surface area contributed by atoms with Crippen LogP contribution in [0.15, 0.2) is 24.5 Å². The van der Waals surface area contributed by atoms with Crippen LogP contribution in [0.2, 0.25) is 0 Å². The Morgan fingerprint density at radius 2 is 2.00 bits per heavy atom. The summed E-state index contributed by atoms with van der Waals surface area (Å²) >= 11 is 0. The molecule has 0 saturated heterocycles. The molecule has 0 aliphatic heterocycles. The molecule has 0 radical (unpaired) electrons. The van der Waals surface area contributed by atoms with Crippen molar-refractivity contribution in [2.45, 2.75) is 32.4 Å². The van der Waals surface area contributed by atoms with Crippen LogP contribution in [-0.4, -0.2) is 29.0 Å². The van der Waals surface area contributed by atoms with E-state index in [1.165, 1.54) is 0 Å². The van der Waals surface area contributed by atoms with Gasteiger partial charge < -0.3 is 15.2 Å². The zero-order valence-corrected chi connectivity index (χ0v) is 12.9. The summed E-state index contributed by atoms with van der Waals surface area (Å²) in [6.45, 7) is 4.13. The van der Waals surface area contributed by atoms with E-state index in [-0.39, 0.29) is 12.1 Å². The Bertz CT molecular complexity index is 595. The molecule has 2 N–H and O–H groups in total. The maximum Gasteiger partial charge on any atom is 0.138 e. The molecular weight excluding hydrogens is 268 g/mol. The molecule has 0 aliphatic rings. The minimum Gasteiger partial charge on any atom is -0.497 e. The van der Waals surface area contributed by atoms with Crippen LogP contribution in [-0.2, 0) is 6.42 Å². The number of methoxy groups -OCH3 is 2. The number of aromatic nitrogens is 3. The van der Waals surface area contributed by atoms with Gasteiger partial charge in [0, 0.05) is 24.1 Å². The Labute approximate surface area is 124 Å². The molecule has 0 spiro atoms. The van der Waals surface area contributed by atoms with Gasteiger partial charge in [0.25, 0.3) is 0 Å². The average molecular weight is 290 g/mol. The zero-order valence-electron chi connectivity index (χ0n) is 12.9. The Kier molecular flexibility index (Phi) is 4.80. The molecule has 2 rings (SSSR count). The molecule has 1 heterocycles. The van der Waals surface area contributed by atoms with E-state index in [0.29, 0.717) is 6.42 Å². The lowest BCUT2D eigenvalue weighted by molar-refractivity contribution is 0.394. The van der Waals surface area contributed by atoms with Crippen LogP contribution in [0.25, 0.3) is 0 Å². The van der Waals surface area contributed by atoms with Crippen LogP contribution in [0.4, 0.5) is 0 Å². The molecule has 1 unspecified atom stereocenters. The second-order valence-corrected chi connectivity index (χ2v) is 5.13. The summed E-state index contributed by atoms with van der Waals surface area (Å²) in [5.41, 5.74) is 7.24. The van der Waals surface area contributed by atoms with Crippen molar-refractivity contribution in [1.82, 2.24) is 14.8 Å². The molecular formula is C15H22N4O2. The van der Waals surface area contributed by atoms with Crippen molar-refractivity contribution in [2.24, 2.45) is 5.73 Å². The minimum atomic E-state index is -0.239. The molecule has 2 aromatic rings. The van der Waals surface area contributed by atoms with Crippen molar-refractivity contribution < 1.29 is 9.47 Å². The third kappa shape index (κ3) is 3.33. The lowest BCUT2D eigenvalue weighted by Crippen LogP contribution is -2.18. The quantitative estimate of drug-likeness (QED) is 0.882. The molecule has 0 saturated carbocycles. The second-order valence-electron chi connectivity index (χ2n) is 5.13. The van der Waals surface area contributed by atoms with E-state index in [4.69, 9.17) is 15.2 Å². The summed E-state index contributed by atoms with van der Waals surface area (Å²) in [5, 5.41) is 4.23. The molecule has 1 aromatic carbocycles. The number of nitrogens with two attached hydrogens (primary N) is 1. The van der Waals surface area contributed by atoms with Gasteiger partial charge in [-0.2, -0.15) is 5.10 Å². The van der Waals surface area contributed by atoms with Gasteiger partial charge in [-0.15, -0.1) is 0 Å². The Morgan fingerprint density at radius 3 is 2.62 bits per heavy atom. The maximum absolute atomic E-state index is 6.34. The molecule has 6 heteroatoms. The largest absolute Gasteiger partial charge is 0.497 e. The van der Waals surface area contributed by atoms with Gasteiger partial charge in [-0.25, -0.2) is 9.67 Å². The van der Waals surface area contributed by atoms with Crippen LogP contribution < -0.4 is 15.2 Å². The Morgan fingerprint density at radius 1 is 1.24 bits per heavy atom. The smallest absolute Gasteiger partial charge is 0.138 e. The monoisotopic (exact) mass is 290 g/mol. The first-order valence-electron chi connectivity index (χ1n) is 6.92. The van der Waals surface area contributed by atoms with Gasteiger partial charge in [-0.05, 0) is 32.0 Å². The molecule has 0 bridgehead atoms. The fraction of sp³-hybridized carbons (Fsp3) is 0.467. The van der Waals surface area contributed by atoms with E-state index in [1.807, 2.05) is 22.9 Å². The number of ether oxygens (including phenoxy) is 2. The van der Waals surface area contributed by atoms with Gasteiger partial charge in [0.05, 0.1) is 14.2 Å². The number of hydrogen-bond donors (Lipinski definition) is 1. The summed E-state index contributed by atoms with van der Waals surface area (Å²) in [4.78, 5) is 4.30. The van der Waals surface area contributed by atoms with Crippen molar-refractivity contribution in [3.8, 4) is 11.5 Å². The fourth-order valence-electron chi connectivity index (χ4n) is 2.29. The van der Waals surface area contributed by atoms with E-state index < -0.39 is 0 Å². The van der Waals surface area contributed by atoms with E-state index in [2.05, 4.69) is 23.9 Å². The molecule has 1 aromatic heterocycles. The number of hydrogen-bond acceptors (Lipinski definition) is 5. The molecule has 0 aliphatic carbocycles. The highest BCUT2D eigenvalue weighted by atomic mass is 16.5. The van der Waals surface area contributed by atoms with Crippen molar-refractivity contribution in [3.05, 3.63) is 35.9 Å². The number of rotatable bonds is 6. The molecule has 114 valence electrons. The Balaban J connectivity index is 2.27. The van der Waals surface area contributed by atoms with Gasteiger partial charge in [0.15, 0.2) is 0 Å². The lowest BCUT2D eigenvalue weighted by atomic mass is 10.0. The standard InChI is InChI=1S/C15H22N4O2/c1-10(2)19-15(17-9-18-19)8-13(16)12-7-11(20-3)5-6-14(12)21-4/h5-7,9-10,13H,8,16H2,1-4H3. The molecule has 0 fully saturated rings. The fourth-order valence-corrected chi connectivity index (χ4v) is 2.29. The lowest BCUT2D eigenvalue weighted by Gasteiger charge is -2.17. The van der Waals surface area contributed by atoms with Crippen LogP contribution in [0.1, 0.15) is 37.3 Å². The number of benzene rings is 1. The summed E-state index contributed by atoms with van der Waals surface area (Å²) in [7, 11) is 3.27. The van der Waals surface area contributed by atoms with Gasteiger partial charge in [-0.3, -0.25) is 0 Å². The van der Waals surface area contributed by atoms with Crippen LogP contribution in [0, 0.1) is 0 Å². The predicted octanol–water partition coefficient (Wildman–Crippen LogP) is 2.12. The van der Waals surface area contributed by atoms with Crippen molar-refractivity contribution in [2.75, 3.05) is 14.2 Å². The van der Waals surface area contributed by atoms with E-state index in [1.54, 1.807) is 20.5 Å². The highest BCUT2D eigenvalue weighted by Crippen LogP contribution is 2.29. The predicted molar refractivity (Wildman–Crippen MR) is 80.6 cm³/mol. The highest BCUT2D eigenvalue weighted by molar-refractivity contribution is 5.42. The van der Waals surface area contributed by atoms with Crippen LogP contribution in [0.5, 0.6) is 11.5 Å². The van der Waals surface area contributed by atoms with Crippen LogP contribution >= 0.6 is 0 Å². The van der Waals surface area contributed by atoms with Gasteiger partial charge in [0.1, 0.15) is 23.7 Å². The average Bonchev–Trinajstić information content (AvgIpc) is 2.94. The first-order chi connectivity index (χ1) is 10.1. The topological polar surface area (TPSA) is 75.2 Å². The third-order valence-corrected chi connectivity index (χ3v) is 3.38. The maximum atomic E-state index is 6.34. The first-order valence-corrected chi connectivity index (χ1v) is 6.92.